The molecular formula is C17H20F3N3O3S. The first-order valence-corrected chi connectivity index (χ1v) is 9.92. The van der Waals surface area contributed by atoms with Gasteiger partial charge in [-0.05, 0) is 44.7 Å². The zero-order valence-electron chi connectivity index (χ0n) is 15.2. The summed E-state index contributed by atoms with van der Waals surface area (Å²) in [5.41, 5.74) is 2.25. The largest absolute Gasteiger partial charge is 0.470 e. The highest BCUT2D eigenvalue weighted by Gasteiger charge is 2.40. The number of nitrogens with zero attached hydrogens (tertiary/aromatic N) is 3. The fraction of sp³-hybridized carbons (Fsp3) is 0.529. The van der Waals surface area contributed by atoms with E-state index >= 15 is 0 Å². The van der Waals surface area contributed by atoms with Crippen molar-refractivity contribution in [1.82, 2.24) is 14.5 Å². The average molecular weight is 403 g/mol. The Labute approximate surface area is 155 Å². The van der Waals surface area contributed by atoms with Crippen molar-refractivity contribution in [1.29, 1.82) is 0 Å². The Kier molecular flexibility index (Phi) is 5.06. The summed E-state index contributed by atoms with van der Waals surface area (Å²) < 4.78 is 70.4. The topological polar surface area (TPSA) is 76.3 Å². The van der Waals surface area contributed by atoms with Gasteiger partial charge in [-0.3, -0.25) is 0 Å². The third kappa shape index (κ3) is 3.86. The Bertz CT molecular complexity index is 931. The molecule has 0 aliphatic carbocycles. The van der Waals surface area contributed by atoms with Crippen molar-refractivity contribution in [2.24, 2.45) is 0 Å². The molecule has 0 amide bonds. The molecule has 148 valence electrons. The molecule has 3 rings (SSSR count). The number of rotatable bonds is 3. The summed E-state index contributed by atoms with van der Waals surface area (Å²) in [4.78, 5) is 0.246. The molecule has 1 aromatic carbocycles. The van der Waals surface area contributed by atoms with Crippen molar-refractivity contribution in [2.75, 3.05) is 13.1 Å². The van der Waals surface area contributed by atoms with E-state index in [2.05, 4.69) is 10.2 Å². The van der Waals surface area contributed by atoms with Gasteiger partial charge in [0, 0.05) is 13.1 Å². The van der Waals surface area contributed by atoms with Crippen LogP contribution in [0, 0.1) is 20.8 Å². The predicted octanol–water partition coefficient (Wildman–Crippen LogP) is 3.58. The van der Waals surface area contributed by atoms with E-state index in [1.54, 1.807) is 26.0 Å². The number of aromatic nitrogens is 2. The number of alkyl halides is 3. The number of benzene rings is 1. The standard InChI is InChI=1S/C17H20F3N3O3S/c1-10-7-11(2)14(12(3)8-10)27(24,25)23-6-4-5-13(9-23)15-21-22-16(26-15)17(18,19)20/h7-8,13H,4-6,9H2,1-3H3. The van der Waals surface area contributed by atoms with Crippen LogP contribution in [0.4, 0.5) is 13.2 Å². The Balaban J connectivity index is 1.89. The van der Waals surface area contributed by atoms with Gasteiger partial charge in [-0.2, -0.15) is 17.5 Å². The van der Waals surface area contributed by atoms with Gasteiger partial charge in [0.05, 0.1) is 10.8 Å². The van der Waals surface area contributed by atoms with Gasteiger partial charge in [0.15, 0.2) is 0 Å². The van der Waals surface area contributed by atoms with Gasteiger partial charge in [0.25, 0.3) is 0 Å². The number of hydrogen-bond acceptors (Lipinski definition) is 5. The van der Waals surface area contributed by atoms with E-state index in [1.165, 1.54) is 4.31 Å². The third-order valence-electron chi connectivity index (χ3n) is 4.62. The van der Waals surface area contributed by atoms with Crippen LogP contribution in [0.3, 0.4) is 0 Å². The van der Waals surface area contributed by atoms with Crippen LogP contribution in [0.2, 0.25) is 0 Å². The first kappa shape index (κ1) is 19.8. The van der Waals surface area contributed by atoms with Crippen molar-refractivity contribution < 1.29 is 26.0 Å². The highest BCUT2D eigenvalue weighted by atomic mass is 32.2. The summed E-state index contributed by atoms with van der Waals surface area (Å²) in [6.07, 6.45) is -3.74. The van der Waals surface area contributed by atoms with Gasteiger partial charge >= 0.3 is 12.1 Å². The zero-order valence-corrected chi connectivity index (χ0v) is 16.0. The Hall–Kier alpha value is -1.94. The normalized spacial score (nSPS) is 19.4. The number of piperidine rings is 1. The molecule has 0 radical (unpaired) electrons. The summed E-state index contributed by atoms with van der Waals surface area (Å²) in [6.45, 7) is 5.67. The molecular weight excluding hydrogens is 383 g/mol. The quantitative estimate of drug-likeness (QED) is 0.783. The maximum absolute atomic E-state index is 13.2. The first-order valence-electron chi connectivity index (χ1n) is 8.48. The summed E-state index contributed by atoms with van der Waals surface area (Å²) in [5, 5.41) is 6.52. The summed E-state index contributed by atoms with van der Waals surface area (Å²) >= 11 is 0. The average Bonchev–Trinajstić information content (AvgIpc) is 3.04. The smallest absolute Gasteiger partial charge is 0.417 e. The summed E-state index contributed by atoms with van der Waals surface area (Å²) in [5.74, 6) is -2.16. The molecule has 27 heavy (non-hydrogen) atoms. The molecule has 2 aromatic rings. The number of hydrogen-bond donors (Lipinski definition) is 0. The summed E-state index contributed by atoms with van der Waals surface area (Å²) in [6, 6.07) is 3.60. The monoisotopic (exact) mass is 403 g/mol. The molecule has 10 heteroatoms. The highest BCUT2D eigenvalue weighted by molar-refractivity contribution is 7.89. The molecule has 0 bridgehead atoms. The minimum Gasteiger partial charge on any atom is -0.417 e. The Morgan fingerprint density at radius 1 is 1.15 bits per heavy atom. The van der Waals surface area contributed by atoms with E-state index in [-0.39, 0.29) is 17.3 Å². The van der Waals surface area contributed by atoms with E-state index in [1.807, 2.05) is 6.92 Å². The van der Waals surface area contributed by atoms with Crippen LogP contribution in [0.25, 0.3) is 0 Å². The molecule has 1 aliphatic heterocycles. The Morgan fingerprint density at radius 3 is 2.33 bits per heavy atom. The lowest BCUT2D eigenvalue weighted by Gasteiger charge is -2.31. The lowest BCUT2D eigenvalue weighted by molar-refractivity contribution is -0.157. The second-order valence-electron chi connectivity index (χ2n) is 6.87. The van der Waals surface area contributed by atoms with E-state index in [0.29, 0.717) is 30.5 Å². The van der Waals surface area contributed by atoms with Gasteiger partial charge in [-0.1, -0.05) is 17.7 Å². The van der Waals surface area contributed by atoms with Crippen LogP contribution in [0.15, 0.2) is 21.4 Å². The van der Waals surface area contributed by atoms with Crippen molar-refractivity contribution in [2.45, 2.75) is 50.6 Å². The van der Waals surface area contributed by atoms with Gasteiger partial charge in [-0.25, -0.2) is 8.42 Å². The third-order valence-corrected chi connectivity index (χ3v) is 6.79. The van der Waals surface area contributed by atoms with Crippen LogP contribution in [-0.2, 0) is 16.2 Å². The minimum absolute atomic E-state index is 0.00851. The minimum atomic E-state index is -4.72. The molecule has 1 saturated heterocycles. The molecule has 0 saturated carbocycles. The molecule has 0 spiro atoms. The molecule has 1 atom stereocenters. The lowest BCUT2D eigenvalue weighted by atomic mass is 10.00. The maximum atomic E-state index is 13.2. The molecule has 1 fully saturated rings. The number of sulfonamides is 1. The van der Waals surface area contributed by atoms with Crippen LogP contribution in [0.5, 0.6) is 0 Å². The second-order valence-corrected chi connectivity index (χ2v) is 8.75. The summed E-state index contributed by atoms with van der Waals surface area (Å²) in [7, 11) is -3.78. The molecule has 6 nitrogen and oxygen atoms in total. The van der Waals surface area contributed by atoms with Gasteiger partial charge < -0.3 is 4.42 Å². The van der Waals surface area contributed by atoms with Crippen LogP contribution < -0.4 is 0 Å². The Morgan fingerprint density at radius 2 is 1.78 bits per heavy atom. The first-order chi connectivity index (χ1) is 12.5. The van der Waals surface area contributed by atoms with Crippen molar-refractivity contribution in [3.05, 3.63) is 40.6 Å². The van der Waals surface area contributed by atoms with Crippen molar-refractivity contribution in [3.8, 4) is 0 Å². The van der Waals surface area contributed by atoms with Crippen LogP contribution >= 0.6 is 0 Å². The van der Waals surface area contributed by atoms with Crippen molar-refractivity contribution in [3.63, 3.8) is 0 Å². The lowest BCUT2D eigenvalue weighted by Crippen LogP contribution is -2.39. The molecule has 2 heterocycles. The fourth-order valence-electron chi connectivity index (χ4n) is 3.58. The van der Waals surface area contributed by atoms with Gasteiger partial charge in [-0.15, -0.1) is 10.2 Å². The van der Waals surface area contributed by atoms with E-state index in [0.717, 1.165) is 5.56 Å². The number of aryl methyl sites for hydroxylation is 3. The second kappa shape index (κ2) is 6.90. The van der Waals surface area contributed by atoms with Gasteiger partial charge in [0.1, 0.15) is 0 Å². The fourth-order valence-corrected chi connectivity index (χ4v) is 5.51. The predicted molar refractivity (Wildman–Crippen MR) is 90.7 cm³/mol. The van der Waals surface area contributed by atoms with E-state index in [9.17, 15) is 21.6 Å². The zero-order chi connectivity index (χ0) is 20.0. The maximum Gasteiger partial charge on any atom is 0.470 e. The highest BCUT2D eigenvalue weighted by Crippen LogP contribution is 2.34. The van der Waals surface area contributed by atoms with Gasteiger partial charge in [0.2, 0.25) is 15.9 Å². The van der Waals surface area contributed by atoms with Crippen LogP contribution in [-0.4, -0.2) is 36.0 Å². The molecule has 1 aliphatic rings. The van der Waals surface area contributed by atoms with Crippen LogP contribution in [0.1, 0.15) is 47.2 Å². The molecule has 1 aromatic heterocycles. The molecule has 0 N–H and O–H groups in total. The van der Waals surface area contributed by atoms with E-state index in [4.69, 9.17) is 4.42 Å². The SMILES string of the molecule is Cc1cc(C)c(S(=O)(=O)N2CCCC(c3nnc(C(F)(F)F)o3)C2)c(C)c1. The molecule has 1 unspecified atom stereocenters. The number of halogens is 3. The van der Waals surface area contributed by atoms with E-state index < -0.39 is 28.0 Å². The van der Waals surface area contributed by atoms with Crippen molar-refractivity contribution >= 4 is 10.0 Å².